The van der Waals surface area contributed by atoms with Gasteiger partial charge in [-0.15, -0.1) is 11.3 Å². The molecule has 0 bridgehead atoms. The third-order valence-electron chi connectivity index (χ3n) is 6.47. The fraction of sp³-hybridized carbons (Fsp3) is 0.320. The maximum Gasteiger partial charge on any atom is 0.407 e. The van der Waals surface area contributed by atoms with Crippen molar-refractivity contribution in [1.29, 1.82) is 0 Å². The van der Waals surface area contributed by atoms with Crippen LogP contribution in [0.15, 0.2) is 52.7 Å². The first-order valence-electron chi connectivity index (χ1n) is 12.1. The number of rotatable bonds is 8. The highest BCUT2D eigenvalue weighted by atomic mass is 35.5. The highest BCUT2D eigenvalue weighted by Crippen LogP contribution is 2.47. The van der Waals surface area contributed by atoms with Gasteiger partial charge in [-0.2, -0.15) is 13.9 Å². The van der Waals surface area contributed by atoms with Crippen LogP contribution in [0, 0.1) is 5.82 Å². The van der Waals surface area contributed by atoms with E-state index < -0.39 is 36.0 Å². The summed E-state index contributed by atoms with van der Waals surface area (Å²) in [7, 11) is 1.18. The van der Waals surface area contributed by atoms with Crippen LogP contribution in [-0.4, -0.2) is 69.9 Å². The molecule has 4 heterocycles. The number of benzene rings is 1. The summed E-state index contributed by atoms with van der Waals surface area (Å²) in [5.41, 5.74) is 7.19. The fourth-order valence-electron chi connectivity index (χ4n) is 4.66. The third-order valence-corrected chi connectivity index (χ3v) is 7.57. The van der Waals surface area contributed by atoms with E-state index in [0.29, 0.717) is 32.4 Å². The molecule has 216 valence electrons. The molecule has 0 unspecified atom stereocenters. The van der Waals surface area contributed by atoms with E-state index in [2.05, 4.69) is 20.1 Å². The number of esters is 1. The first-order valence-corrected chi connectivity index (χ1v) is 13.4. The van der Waals surface area contributed by atoms with Crippen molar-refractivity contribution in [3.8, 4) is 0 Å². The predicted molar refractivity (Wildman–Crippen MR) is 143 cm³/mol. The predicted octanol–water partition coefficient (Wildman–Crippen LogP) is 3.74. The number of amides is 1. The molecule has 41 heavy (non-hydrogen) atoms. The monoisotopic (exact) mass is 609 g/mol. The smallest absolute Gasteiger partial charge is 0.407 e. The van der Waals surface area contributed by atoms with Crippen LogP contribution in [0.2, 0.25) is 5.02 Å². The molecule has 0 radical (unpaired) electrons. The number of thiazole rings is 1. The number of nitrogens with zero attached hydrogens (tertiary/aromatic N) is 5. The van der Waals surface area contributed by atoms with Gasteiger partial charge in [0.05, 0.1) is 18.3 Å². The summed E-state index contributed by atoms with van der Waals surface area (Å²) in [5.74, 6) is -0.781. The Kier molecular flexibility index (Phi) is 8.02. The molecule has 1 saturated heterocycles. The van der Waals surface area contributed by atoms with E-state index in [0.717, 1.165) is 12.3 Å². The lowest BCUT2D eigenvalue weighted by Gasteiger charge is -2.32. The second-order valence-corrected chi connectivity index (χ2v) is 10.6. The third kappa shape index (κ3) is 5.92. The Morgan fingerprint density at radius 1 is 1.34 bits per heavy atom. The molecule has 2 atom stereocenters. The Labute approximate surface area is 240 Å². The summed E-state index contributed by atoms with van der Waals surface area (Å²) in [4.78, 5) is 34.6. The number of aromatic nitrogens is 3. The molecule has 0 saturated carbocycles. The number of amidine groups is 1. The molecular weight excluding hydrogens is 587 g/mol. The average molecular weight is 610 g/mol. The second kappa shape index (κ2) is 11.5. The topological polar surface area (TPSA) is 137 Å². The maximum absolute atomic E-state index is 14.0. The van der Waals surface area contributed by atoms with Crippen LogP contribution in [-0.2, 0) is 14.3 Å². The van der Waals surface area contributed by atoms with Crippen LogP contribution in [0.4, 0.5) is 18.0 Å². The zero-order valence-electron chi connectivity index (χ0n) is 21.4. The second-order valence-electron chi connectivity index (χ2n) is 9.31. The Balaban J connectivity index is 1.57. The van der Waals surface area contributed by atoms with Crippen LogP contribution >= 0.6 is 22.9 Å². The van der Waals surface area contributed by atoms with Crippen molar-refractivity contribution in [3.05, 3.63) is 74.8 Å². The molecule has 1 fully saturated rings. The van der Waals surface area contributed by atoms with Gasteiger partial charge in [0.2, 0.25) is 0 Å². The number of nitrogens with two attached hydrogens (primary N) is 1. The highest BCUT2D eigenvalue weighted by molar-refractivity contribution is 7.11. The number of carbonyl (C=O) groups excluding carboxylic acids is 2. The van der Waals surface area contributed by atoms with Crippen molar-refractivity contribution in [2.45, 2.75) is 24.6 Å². The minimum absolute atomic E-state index is 0.0831. The lowest BCUT2D eigenvalue weighted by Crippen LogP contribution is -2.49. The molecule has 5 rings (SSSR count). The molecular formula is C25H23ClF3N7O4S. The minimum Gasteiger partial charge on any atom is -0.468 e. The van der Waals surface area contributed by atoms with Gasteiger partial charge >= 0.3 is 18.6 Å². The molecule has 1 aromatic carbocycles. The Morgan fingerprint density at radius 2 is 2.15 bits per heavy atom. The first-order chi connectivity index (χ1) is 19.6. The number of alkyl carbamates (subject to hydrolysis) is 1. The molecule has 3 N–H and O–H groups in total. The van der Waals surface area contributed by atoms with E-state index in [1.165, 1.54) is 36.6 Å². The quantitative estimate of drug-likeness (QED) is 0.369. The molecule has 2 aliphatic heterocycles. The summed E-state index contributed by atoms with van der Waals surface area (Å²) in [6, 6.07) is 4.40. The van der Waals surface area contributed by atoms with E-state index in [1.807, 2.05) is 0 Å². The van der Waals surface area contributed by atoms with Gasteiger partial charge in [0, 0.05) is 52.6 Å². The van der Waals surface area contributed by atoms with Crippen LogP contribution < -0.4 is 11.1 Å². The van der Waals surface area contributed by atoms with Gasteiger partial charge in [0.25, 0.3) is 0 Å². The molecule has 3 aromatic rings. The Morgan fingerprint density at radius 3 is 2.80 bits per heavy atom. The largest absolute Gasteiger partial charge is 0.468 e. The molecule has 2 aliphatic rings. The zero-order valence-corrected chi connectivity index (χ0v) is 23.0. The van der Waals surface area contributed by atoms with Gasteiger partial charge in [0.1, 0.15) is 25.0 Å². The summed E-state index contributed by atoms with van der Waals surface area (Å²) < 4.78 is 51.3. The number of hydrogen-bond donors (Lipinski definition) is 2. The van der Waals surface area contributed by atoms with Gasteiger partial charge in [-0.05, 0) is 18.2 Å². The summed E-state index contributed by atoms with van der Waals surface area (Å²) in [5, 5.41) is 8.75. The lowest BCUT2D eigenvalue weighted by atomic mass is 9.90. The number of fused-ring (bicyclic) bond motifs is 1. The Hall–Kier alpha value is -3.95. The molecule has 0 spiro atoms. The van der Waals surface area contributed by atoms with E-state index in [-0.39, 0.29) is 36.8 Å². The van der Waals surface area contributed by atoms with E-state index in [1.54, 1.807) is 16.5 Å². The van der Waals surface area contributed by atoms with Crippen molar-refractivity contribution in [3.63, 3.8) is 0 Å². The van der Waals surface area contributed by atoms with Gasteiger partial charge in [-0.3, -0.25) is 9.79 Å². The molecule has 16 heteroatoms. The van der Waals surface area contributed by atoms with E-state index in [4.69, 9.17) is 27.1 Å². The van der Waals surface area contributed by atoms with Gasteiger partial charge in [0.15, 0.2) is 10.8 Å². The van der Waals surface area contributed by atoms with Crippen molar-refractivity contribution >= 4 is 46.4 Å². The summed E-state index contributed by atoms with van der Waals surface area (Å²) in [6.45, 7) is -3.41. The number of carbonyl (C=O) groups is 2. The normalized spacial score (nSPS) is 20.2. The van der Waals surface area contributed by atoms with Crippen LogP contribution in [0.5, 0.6) is 0 Å². The number of ether oxygens (including phenoxy) is 2. The molecule has 2 aromatic heterocycles. The van der Waals surface area contributed by atoms with Gasteiger partial charge < -0.3 is 25.4 Å². The minimum atomic E-state index is -2.88. The maximum atomic E-state index is 14.0. The number of methoxy groups -OCH3 is 1. The number of nitrogens with one attached hydrogen (secondary N) is 1. The van der Waals surface area contributed by atoms with Crippen LogP contribution in [0.3, 0.4) is 0 Å². The molecule has 1 amide bonds. The number of halogens is 4. The molecule has 11 nitrogen and oxygen atoms in total. The Bertz CT molecular complexity index is 1530. The number of aliphatic imine (C=N–C) groups is 1. The zero-order chi connectivity index (χ0) is 29.3. The van der Waals surface area contributed by atoms with Crippen molar-refractivity contribution in [1.82, 2.24) is 25.0 Å². The van der Waals surface area contributed by atoms with Crippen LogP contribution in [0.25, 0.3) is 5.57 Å². The summed E-state index contributed by atoms with van der Waals surface area (Å²) >= 11 is 7.78. The highest BCUT2D eigenvalue weighted by Gasteiger charge is 2.47. The van der Waals surface area contributed by atoms with E-state index >= 15 is 0 Å². The average Bonchev–Trinajstić information content (AvgIpc) is 3.70. The van der Waals surface area contributed by atoms with Crippen LogP contribution in [0.1, 0.15) is 35.3 Å². The van der Waals surface area contributed by atoms with Crippen molar-refractivity contribution in [2.75, 3.05) is 26.8 Å². The van der Waals surface area contributed by atoms with Gasteiger partial charge in [-0.25, -0.2) is 18.9 Å². The van der Waals surface area contributed by atoms with Crippen molar-refractivity contribution in [2.24, 2.45) is 10.7 Å². The number of alkyl halides is 2. The SMILES string of the molecule is COC(=O)CNC(=O)OC[C@@]1(N)CC2=C(c3ccn(C(F)F)n3)[C@H](c3ccc(F)cc3Cl)N=C(c3nccs3)N2C1. The van der Waals surface area contributed by atoms with E-state index in [9.17, 15) is 22.8 Å². The van der Waals surface area contributed by atoms with Gasteiger partial charge in [-0.1, -0.05) is 17.7 Å². The fourth-order valence-corrected chi connectivity index (χ4v) is 5.57. The lowest BCUT2D eigenvalue weighted by molar-refractivity contribution is -0.139. The molecule has 0 aliphatic carbocycles. The van der Waals surface area contributed by atoms with Crippen molar-refractivity contribution < 1.29 is 32.2 Å². The summed E-state index contributed by atoms with van der Waals surface area (Å²) in [6.07, 6.45) is 1.99. The number of hydrogen-bond acceptors (Lipinski definition) is 10. The first kappa shape index (κ1) is 28.6. The standard InChI is InChI=1S/C25H23ClF3N7O4S/c1-39-18(37)10-32-24(38)40-12-25(30)9-17-19(16-4-6-36(34-16)23(28)29)20(14-3-2-13(27)8-15(14)26)33-21(35(17)11-25)22-31-5-7-41-22/h2-8,20,23H,9-12,30H2,1H3,(H,32,38)/t20-,25+/m0/s1.